The van der Waals surface area contributed by atoms with Gasteiger partial charge in [-0.1, -0.05) is 27.7 Å². The summed E-state index contributed by atoms with van der Waals surface area (Å²) in [5.74, 6) is 1.98. The lowest BCUT2D eigenvalue weighted by atomic mass is 9.44. The first kappa shape index (κ1) is 86.8. The van der Waals surface area contributed by atoms with E-state index in [1.165, 1.54) is 13.8 Å². The van der Waals surface area contributed by atoms with E-state index in [0.717, 1.165) is 51.4 Å². The monoisotopic (exact) mass is 1620 g/mol. The number of fused-ring (bicyclic) bond motifs is 7. The Hall–Kier alpha value is -1.56. The molecule has 10 heterocycles. The summed E-state index contributed by atoms with van der Waals surface area (Å²) in [6.45, 7) is 7.68. The van der Waals surface area contributed by atoms with Gasteiger partial charge >= 0.3 is 0 Å². The molecule has 14 fully saturated rings. The summed E-state index contributed by atoms with van der Waals surface area (Å²) in [5.41, 5.74) is -0.0494. The van der Waals surface area contributed by atoms with Crippen LogP contribution in [0.1, 0.15) is 106 Å². The number of ether oxygens (including phenoxy) is 18. The molecule has 0 amide bonds. The van der Waals surface area contributed by atoms with Gasteiger partial charge in [0, 0.05) is 12.3 Å². The standard InChI is InChI=1S/C73H120O39/c1-24-9-14-73(98-20-24)25(2)40-35(112-73)16-32-30-8-7-28-15-29(10-12-71(28,5)31(30)11-13-72(32,40)6)101-69-61(50(88)45(83)39(105-69)23-97-63-52(90)47(85)41(79)26(3)99-63)110-70-62(111-64-51(89)43(81)33(77)21-95-64)59(46(84)37(18-75)103-70)108-65-55(93)57(34(78)22-96-65)106-68-56(94)60(109-67-54(92)49(87)44(82)36(17-74)102-67)58(38(19-76)104-68)107-66-53(91)48(86)42(80)27(4)100-66/h24-70,74-94H,7-23H2,1-6H3/t24-,25+,26+,27+,28+,29+,30-,31-,32+,33-,34+,35-,36-,37-,38-,39-,40-,41+,42+,43+,44-,45+,46-,47-,48-,49+,50+,51-,52-,53-,54-,55-,56-,57+,58-,59+,60-,61-,62-,63-,64+,65+,66+,67+,68+,69-,70+,71+,72+,73-/m1/s1. The molecule has 14 rings (SSSR count). The van der Waals surface area contributed by atoms with Crippen LogP contribution in [0.4, 0.5) is 0 Å². The molecule has 1 spiro atoms. The number of aliphatic hydroxyl groups excluding tert-OH is 21. The van der Waals surface area contributed by atoms with Gasteiger partial charge < -0.3 is 193 Å². The molecule has 0 radical (unpaired) electrons. The van der Waals surface area contributed by atoms with E-state index in [0.29, 0.717) is 49.0 Å². The minimum atomic E-state index is -2.29. The molecule has 0 aromatic heterocycles. The van der Waals surface area contributed by atoms with E-state index < -0.39 is 285 Å². The van der Waals surface area contributed by atoms with Crippen LogP contribution in [0.25, 0.3) is 0 Å². The summed E-state index contributed by atoms with van der Waals surface area (Å²) < 4.78 is 111. The first-order chi connectivity index (χ1) is 53.1. The van der Waals surface area contributed by atoms with E-state index in [1.807, 2.05) is 0 Å². The minimum Gasteiger partial charge on any atom is -0.394 e. The third-order valence-electron chi connectivity index (χ3n) is 28.0. The molecule has 10 aliphatic heterocycles. The lowest BCUT2D eigenvalue weighted by Gasteiger charge is -2.61. The molecular weight excluding hydrogens is 1500 g/mol. The molecule has 4 saturated carbocycles. The summed E-state index contributed by atoms with van der Waals surface area (Å²) in [7, 11) is 0. The molecular formula is C73H120O39. The average molecular weight is 1620 g/mol. The Balaban J connectivity index is 0.722. The fourth-order valence-electron chi connectivity index (χ4n) is 21.3. The van der Waals surface area contributed by atoms with Crippen molar-refractivity contribution >= 4 is 0 Å². The van der Waals surface area contributed by atoms with Gasteiger partial charge in [0.15, 0.2) is 56.1 Å². The lowest BCUT2D eigenvalue weighted by Crippen LogP contribution is -2.69. The SMILES string of the molecule is C[C@@H]1CC[C@@]2(OC1)O[C@@H]1C[C@H]3[C@@H]4CC[C@H]5C[C@@H](O[C@@H]6O[C@H](CO[C@@H]7O[C@@H](C)[C@H](O)[C@@H](O)[C@H]7O)[C@H](O)[C@H](O)[C@H]6O[C@@H]6O[C@H](CO)[C@@H](O)[C@H](O[C@@H]7OC[C@H](O)[C@H](O[C@@H]8O[C@H](CO)[C@@H](O[C@@H]9O[C@@H](C)[C@H](O)[C@@H](O)[C@H]9O)[C@H](O[C@@H]9O[C@H](CO)[C@@H](O)[C@H](O)[C@H]9O)[C@H]8O)[C@H]7O)[C@H]6O[C@@H]6OC[C@@H](O)[C@H](O)[C@H]6O)CC[C@]5(C)[C@@H]4CC[C@]3(C)[C@@H]1[C@@H]2C. The van der Waals surface area contributed by atoms with Gasteiger partial charge in [0.1, 0.15) is 171 Å². The van der Waals surface area contributed by atoms with Crippen molar-refractivity contribution in [3.8, 4) is 0 Å². The predicted octanol–water partition coefficient (Wildman–Crippen LogP) is -8.28. The smallest absolute Gasteiger partial charge is 0.187 e. The van der Waals surface area contributed by atoms with Crippen molar-refractivity contribution in [3.05, 3.63) is 0 Å². The van der Waals surface area contributed by atoms with Gasteiger partial charge in [-0.2, -0.15) is 0 Å². The van der Waals surface area contributed by atoms with E-state index >= 15 is 0 Å². The summed E-state index contributed by atoms with van der Waals surface area (Å²) in [6, 6.07) is 0. The van der Waals surface area contributed by atoms with Crippen molar-refractivity contribution in [2.24, 2.45) is 52.3 Å². The third-order valence-corrected chi connectivity index (χ3v) is 28.0. The zero-order valence-corrected chi connectivity index (χ0v) is 63.4. The number of rotatable bonds is 20. The summed E-state index contributed by atoms with van der Waals surface area (Å²) in [5, 5.41) is 235. The average Bonchev–Trinajstić information content (AvgIpc) is 1.52. The van der Waals surface area contributed by atoms with E-state index in [2.05, 4.69) is 27.7 Å². The molecule has 14 aliphatic rings. The molecule has 4 aliphatic carbocycles. The second-order valence-electron chi connectivity index (χ2n) is 34.7. The zero-order chi connectivity index (χ0) is 80.4. The molecule has 39 heteroatoms. The normalized spacial score (nSPS) is 57.4. The van der Waals surface area contributed by atoms with Crippen molar-refractivity contribution < 1.29 is 193 Å². The molecule has 112 heavy (non-hydrogen) atoms. The van der Waals surface area contributed by atoms with Gasteiger partial charge in [0.25, 0.3) is 0 Å². The van der Waals surface area contributed by atoms with Gasteiger partial charge in [-0.05, 0) is 118 Å². The first-order valence-corrected chi connectivity index (χ1v) is 39.9. The molecule has 10 saturated heterocycles. The Labute approximate surface area is 646 Å². The third kappa shape index (κ3) is 16.0. The first-order valence-electron chi connectivity index (χ1n) is 39.9. The van der Waals surface area contributed by atoms with E-state index in [9.17, 15) is 107 Å². The number of hydrogen-bond acceptors (Lipinski definition) is 39. The van der Waals surface area contributed by atoms with Crippen LogP contribution in [0.5, 0.6) is 0 Å². The van der Waals surface area contributed by atoms with Crippen LogP contribution in [0.2, 0.25) is 0 Å². The molecule has 50 atom stereocenters. The fraction of sp³-hybridized carbons (Fsp3) is 1.00. The second kappa shape index (κ2) is 34.8. The van der Waals surface area contributed by atoms with Crippen LogP contribution in [-0.4, -0.2) is 405 Å². The van der Waals surface area contributed by atoms with Gasteiger partial charge in [-0.25, -0.2) is 0 Å². The molecule has 0 bridgehead atoms. The molecule has 39 nitrogen and oxygen atoms in total. The largest absolute Gasteiger partial charge is 0.394 e. The molecule has 0 unspecified atom stereocenters. The van der Waals surface area contributed by atoms with Crippen molar-refractivity contribution in [2.75, 3.05) is 46.2 Å². The minimum absolute atomic E-state index is 0.0672. The maximum atomic E-state index is 12.6. The molecule has 646 valence electrons. The maximum absolute atomic E-state index is 12.6. The van der Waals surface area contributed by atoms with Crippen LogP contribution < -0.4 is 0 Å². The van der Waals surface area contributed by atoms with Gasteiger partial charge in [0.2, 0.25) is 0 Å². The predicted molar refractivity (Wildman–Crippen MR) is 364 cm³/mol. The number of hydrogen-bond donors (Lipinski definition) is 21. The topological polar surface area (TPSA) is 591 Å². The van der Waals surface area contributed by atoms with Crippen molar-refractivity contribution in [3.63, 3.8) is 0 Å². The van der Waals surface area contributed by atoms with E-state index in [4.69, 9.17) is 85.3 Å². The van der Waals surface area contributed by atoms with Crippen molar-refractivity contribution in [2.45, 2.75) is 357 Å². The Morgan fingerprint density at radius 1 is 0.357 bits per heavy atom. The lowest BCUT2D eigenvalue weighted by molar-refractivity contribution is -0.411. The number of aliphatic hydroxyl groups is 21. The molecule has 0 aromatic carbocycles. The van der Waals surface area contributed by atoms with Gasteiger partial charge in [-0.15, -0.1) is 0 Å². The van der Waals surface area contributed by atoms with Crippen LogP contribution in [0.15, 0.2) is 0 Å². The van der Waals surface area contributed by atoms with Gasteiger partial charge in [0.05, 0.1) is 70.7 Å². The Morgan fingerprint density at radius 2 is 0.857 bits per heavy atom. The molecule has 21 N–H and O–H groups in total. The van der Waals surface area contributed by atoms with Crippen LogP contribution in [0.3, 0.4) is 0 Å². The van der Waals surface area contributed by atoms with Crippen LogP contribution >= 0.6 is 0 Å². The Bertz CT molecular complexity index is 3040. The van der Waals surface area contributed by atoms with Crippen molar-refractivity contribution in [1.29, 1.82) is 0 Å². The Kier molecular flexibility index (Phi) is 26.9. The zero-order valence-electron chi connectivity index (χ0n) is 63.4. The highest BCUT2D eigenvalue weighted by Gasteiger charge is 2.70. The summed E-state index contributed by atoms with van der Waals surface area (Å²) in [4.78, 5) is 0. The Morgan fingerprint density at radius 3 is 1.53 bits per heavy atom. The van der Waals surface area contributed by atoms with Crippen molar-refractivity contribution in [1.82, 2.24) is 0 Å². The van der Waals surface area contributed by atoms with E-state index in [-0.39, 0.29) is 28.8 Å². The summed E-state index contributed by atoms with van der Waals surface area (Å²) >= 11 is 0. The van der Waals surface area contributed by atoms with Gasteiger partial charge in [-0.3, -0.25) is 0 Å². The summed E-state index contributed by atoms with van der Waals surface area (Å²) in [6.07, 6.45) is -63.4. The highest BCUT2D eigenvalue weighted by atomic mass is 16.8. The van der Waals surface area contributed by atoms with Crippen LogP contribution in [0, 0.1) is 52.3 Å². The fourth-order valence-corrected chi connectivity index (χ4v) is 21.3. The highest BCUT2D eigenvalue weighted by molar-refractivity contribution is 5.16. The maximum Gasteiger partial charge on any atom is 0.187 e. The van der Waals surface area contributed by atoms with Crippen LogP contribution in [-0.2, 0) is 85.3 Å². The molecule has 0 aromatic rings. The highest BCUT2D eigenvalue weighted by Crippen LogP contribution is 2.72. The quantitative estimate of drug-likeness (QED) is 0.0503. The second-order valence-corrected chi connectivity index (χ2v) is 34.7. The van der Waals surface area contributed by atoms with E-state index in [1.54, 1.807) is 0 Å².